The molecule has 2 aromatic heterocycles. The number of carbonyl (C=O) groups is 2. The van der Waals surface area contributed by atoms with E-state index in [1.807, 2.05) is 72.9 Å². The molecule has 1 aliphatic heterocycles. The van der Waals surface area contributed by atoms with Gasteiger partial charge in [0.1, 0.15) is 6.04 Å². The van der Waals surface area contributed by atoms with E-state index < -0.39 is 6.04 Å². The topological polar surface area (TPSA) is 76.0 Å². The Bertz CT molecular complexity index is 1660. The lowest BCUT2D eigenvalue weighted by Gasteiger charge is -2.19. The molecule has 186 valence electrons. The Morgan fingerprint density at radius 2 is 1.71 bits per heavy atom. The number of benzene rings is 3. The smallest absolute Gasteiger partial charge is 0.256 e. The van der Waals surface area contributed by atoms with Crippen LogP contribution in [0.4, 0.5) is 11.4 Å². The van der Waals surface area contributed by atoms with Gasteiger partial charge in [0.2, 0.25) is 0 Å². The molecule has 1 amide bonds. The van der Waals surface area contributed by atoms with Crippen LogP contribution in [-0.4, -0.2) is 21.2 Å². The third-order valence-electron chi connectivity index (χ3n) is 6.69. The predicted molar refractivity (Wildman–Crippen MR) is 152 cm³/mol. The van der Waals surface area contributed by atoms with Crippen molar-refractivity contribution in [3.05, 3.63) is 136 Å². The highest BCUT2D eigenvalue weighted by Gasteiger charge is 2.29. The molecule has 3 heterocycles. The highest BCUT2D eigenvalue weighted by atomic mass is 79.9. The molecule has 3 aromatic carbocycles. The lowest BCUT2D eigenvalue weighted by molar-refractivity contribution is 0.0965. The number of ketones is 1. The first-order valence-corrected chi connectivity index (χ1v) is 13.0. The van der Waals surface area contributed by atoms with Crippen LogP contribution in [0.2, 0.25) is 0 Å². The van der Waals surface area contributed by atoms with Gasteiger partial charge in [0.25, 0.3) is 5.91 Å². The van der Waals surface area contributed by atoms with E-state index in [1.54, 1.807) is 30.5 Å². The molecule has 38 heavy (non-hydrogen) atoms. The average molecular weight is 563 g/mol. The second-order valence-corrected chi connectivity index (χ2v) is 9.92. The van der Waals surface area contributed by atoms with E-state index in [0.717, 1.165) is 28.2 Å². The van der Waals surface area contributed by atoms with Crippen molar-refractivity contribution < 1.29 is 9.59 Å². The Hall–Kier alpha value is -4.49. The molecular formula is C31H23BrN4O2. The van der Waals surface area contributed by atoms with Gasteiger partial charge in [-0.1, -0.05) is 42.5 Å². The summed E-state index contributed by atoms with van der Waals surface area (Å²) in [5, 5.41) is 6.41. The van der Waals surface area contributed by atoms with Crippen molar-refractivity contribution in [2.75, 3.05) is 10.6 Å². The van der Waals surface area contributed by atoms with Gasteiger partial charge in [0.15, 0.2) is 5.78 Å². The Morgan fingerprint density at radius 3 is 2.55 bits per heavy atom. The number of hydrogen-bond donors (Lipinski definition) is 2. The standard InChI is InChI=1S/C31H23BrN4O2/c32-25-18-21(34-31(38)23-10-3-2-9-22(23)27-12-5-6-16-33-27)14-15-24(25)30(37)29-28-13-7-17-36(28)19-20-8-1-4-11-26(20)35-29/h1-18,29,35H,19H2,(H,34,38). The van der Waals surface area contributed by atoms with Gasteiger partial charge in [-0.3, -0.25) is 14.6 Å². The summed E-state index contributed by atoms with van der Waals surface area (Å²) in [6.07, 6.45) is 3.70. The minimum atomic E-state index is -0.546. The van der Waals surface area contributed by atoms with Crippen LogP contribution in [-0.2, 0) is 6.54 Å². The minimum absolute atomic E-state index is 0.0631. The number of rotatable bonds is 5. The molecule has 0 bridgehead atoms. The molecule has 0 aliphatic carbocycles. The van der Waals surface area contributed by atoms with Gasteiger partial charge in [0, 0.05) is 57.2 Å². The fraction of sp³-hybridized carbons (Fsp3) is 0.0645. The Labute approximate surface area is 228 Å². The van der Waals surface area contributed by atoms with E-state index in [4.69, 9.17) is 0 Å². The lowest BCUT2D eigenvalue weighted by Crippen LogP contribution is -2.22. The van der Waals surface area contributed by atoms with Crippen LogP contribution in [0.5, 0.6) is 0 Å². The van der Waals surface area contributed by atoms with E-state index in [0.29, 0.717) is 27.8 Å². The summed E-state index contributed by atoms with van der Waals surface area (Å²) in [7, 11) is 0. The van der Waals surface area contributed by atoms with Gasteiger partial charge in [-0.05, 0) is 76.1 Å². The summed E-state index contributed by atoms with van der Waals surface area (Å²) in [4.78, 5) is 31.4. The molecule has 1 atom stereocenters. The van der Waals surface area contributed by atoms with E-state index in [2.05, 4.69) is 42.2 Å². The second-order valence-electron chi connectivity index (χ2n) is 9.07. The van der Waals surface area contributed by atoms with Crippen molar-refractivity contribution in [2.45, 2.75) is 12.6 Å². The fourth-order valence-electron chi connectivity index (χ4n) is 4.82. The summed E-state index contributed by atoms with van der Waals surface area (Å²) in [5.74, 6) is -0.316. The van der Waals surface area contributed by atoms with E-state index in [9.17, 15) is 9.59 Å². The van der Waals surface area contributed by atoms with Crippen molar-refractivity contribution in [2.24, 2.45) is 0 Å². The minimum Gasteiger partial charge on any atom is -0.370 e. The molecule has 1 aliphatic rings. The van der Waals surface area contributed by atoms with Gasteiger partial charge in [-0.15, -0.1) is 0 Å². The highest BCUT2D eigenvalue weighted by molar-refractivity contribution is 9.10. The van der Waals surface area contributed by atoms with E-state index in [-0.39, 0.29) is 11.7 Å². The molecule has 1 unspecified atom stereocenters. The number of carbonyl (C=O) groups excluding carboxylic acids is 2. The molecule has 6 nitrogen and oxygen atoms in total. The zero-order chi connectivity index (χ0) is 26.1. The third kappa shape index (κ3) is 4.53. The Kier molecular flexibility index (Phi) is 6.35. The monoisotopic (exact) mass is 562 g/mol. The number of fused-ring (bicyclic) bond motifs is 2. The summed E-state index contributed by atoms with van der Waals surface area (Å²) in [5.41, 5.74) is 6.08. The van der Waals surface area contributed by atoms with Gasteiger partial charge in [-0.25, -0.2) is 0 Å². The maximum absolute atomic E-state index is 13.8. The average Bonchev–Trinajstić information content (AvgIpc) is 3.34. The maximum atomic E-state index is 13.8. The van der Waals surface area contributed by atoms with Crippen LogP contribution >= 0.6 is 15.9 Å². The van der Waals surface area contributed by atoms with Crippen LogP contribution < -0.4 is 10.6 Å². The van der Waals surface area contributed by atoms with Gasteiger partial charge in [0.05, 0.1) is 5.69 Å². The van der Waals surface area contributed by atoms with Crippen molar-refractivity contribution in [1.82, 2.24) is 9.55 Å². The van der Waals surface area contributed by atoms with Crippen LogP contribution in [0.25, 0.3) is 11.3 Å². The number of hydrogen-bond acceptors (Lipinski definition) is 4. The number of para-hydroxylation sites is 1. The number of halogens is 1. The molecule has 7 heteroatoms. The number of Topliss-reactive ketones (excluding diaryl/α,β-unsaturated/α-hetero) is 1. The van der Waals surface area contributed by atoms with Gasteiger partial charge >= 0.3 is 0 Å². The summed E-state index contributed by atoms with van der Waals surface area (Å²) in [6.45, 7) is 0.696. The molecule has 0 spiro atoms. The van der Waals surface area contributed by atoms with Crippen LogP contribution in [0.15, 0.2) is 114 Å². The van der Waals surface area contributed by atoms with Crippen LogP contribution in [0.3, 0.4) is 0 Å². The Balaban J connectivity index is 1.26. The van der Waals surface area contributed by atoms with E-state index in [1.165, 1.54) is 0 Å². The fourth-order valence-corrected chi connectivity index (χ4v) is 5.39. The lowest BCUT2D eigenvalue weighted by atomic mass is 10.0. The Morgan fingerprint density at radius 1 is 0.895 bits per heavy atom. The molecule has 6 rings (SSSR count). The predicted octanol–water partition coefficient (Wildman–Crippen LogP) is 6.96. The van der Waals surface area contributed by atoms with E-state index >= 15 is 0 Å². The van der Waals surface area contributed by atoms with Gasteiger partial charge in [-0.2, -0.15) is 0 Å². The largest absolute Gasteiger partial charge is 0.370 e. The van der Waals surface area contributed by atoms with Crippen LogP contribution in [0, 0.1) is 0 Å². The molecule has 2 N–H and O–H groups in total. The summed E-state index contributed by atoms with van der Waals surface area (Å²) >= 11 is 3.58. The number of amides is 1. The van der Waals surface area contributed by atoms with Crippen molar-refractivity contribution in [1.29, 1.82) is 0 Å². The molecular weight excluding hydrogens is 540 g/mol. The number of aromatic nitrogens is 2. The first-order chi connectivity index (χ1) is 18.6. The summed E-state index contributed by atoms with van der Waals surface area (Å²) < 4.78 is 2.71. The SMILES string of the molecule is O=C(Nc1ccc(C(=O)C2Nc3ccccc3Cn3cccc32)c(Br)c1)c1ccccc1-c1ccccn1. The van der Waals surface area contributed by atoms with Crippen molar-refractivity contribution in [3.8, 4) is 11.3 Å². The molecule has 0 saturated heterocycles. The molecule has 5 aromatic rings. The number of nitrogens with one attached hydrogen (secondary N) is 2. The zero-order valence-corrected chi connectivity index (χ0v) is 21.9. The normalized spacial score (nSPS) is 14.0. The molecule has 0 fully saturated rings. The maximum Gasteiger partial charge on any atom is 0.256 e. The van der Waals surface area contributed by atoms with Crippen LogP contribution in [0.1, 0.15) is 38.0 Å². The third-order valence-corrected chi connectivity index (χ3v) is 7.34. The molecule has 0 saturated carbocycles. The first kappa shape index (κ1) is 23.9. The zero-order valence-electron chi connectivity index (χ0n) is 20.3. The summed E-state index contributed by atoms with van der Waals surface area (Å²) in [6, 6.07) is 29.7. The van der Waals surface area contributed by atoms with Crippen molar-refractivity contribution >= 4 is 39.0 Å². The number of pyridine rings is 1. The number of anilines is 2. The quantitative estimate of drug-likeness (QED) is 0.227. The van der Waals surface area contributed by atoms with Gasteiger partial charge < -0.3 is 15.2 Å². The molecule has 0 radical (unpaired) electrons. The van der Waals surface area contributed by atoms with Crippen molar-refractivity contribution in [3.63, 3.8) is 0 Å². The highest BCUT2D eigenvalue weighted by Crippen LogP contribution is 2.33. The first-order valence-electron chi connectivity index (χ1n) is 12.2. The second kappa shape index (κ2) is 10.1. The number of nitrogens with zero attached hydrogens (tertiary/aromatic N) is 2.